The highest BCUT2D eigenvalue weighted by Crippen LogP contribution is 2.29. The molecule has 4 aromatic rings. The number of aromatic nitrogens is 4. The molecule has 2 fully saturated rings. The number of amides is 2. The number of ether oxygens (including phenoxy) is 1. The number of nitrogens with zero attached hydrogens (tertiary/aromatic N) is 5. The third-order valence-corrected chi connectivity index (χ3v) is 9.34. The van der Waals surface area contributed by atoms with E-state index < -0.39 is 26.8 Å². The number of imidazole rings is 1. The van der Waals surface area contributed by atoms with Crippen LogP contribution in [0.2, 0.25) is 0 Å². The number of carbonyl (C=O) groups excluding carboxylic acids is 2. The lowest BCUT2D eigenvalue weighted by Gasteiger charge is -2.39. The molecule has 3 aromatic heterocycles. The summed E-state index contributed by atoms with van der Waals surface area (Å²) in [6, 6.07) is 9.07. The van der Waals surface area contributed by atoms with Crippen LogP contribution in [0.25, 0.3) is 22.6 Å². The van der Waals surface area contributed by atoms with Gasteiger partial charge in [0.25, 0.3) is 5.91 Å². The zero-order valence-corrected chi connectivity index (χ0v) is 24.2. The minimum Gasteiger partial charge on any atom is -0.444 e. The van der Waals surface area contributed by atoms with Gasteiger partial charge in [-0.05, 0) is 75.9 Å². The third kappa shape index (κ3) is 5.31. The normalized spacial score (nSPS) is 16.0. The highest BCUT2D eigenvalue weighted by Gasteiger charge is 2.42. The quantitative estimate of drug-likeness (QED) is 0.370. The molecule has 0 atom stereocenters. The zero-order chi connectivity index (χ0) is 29.1. The van der Waals surface area contributed by atoms with Gasteiger partial charge in [-0.2, -0.15) is 5.10 Å². The number of aryl methyl sites for hydroxylation is 1. The molecule has 2 amide bonds. The molecule has 6 rings (SSSR count). The summed E-state index contributed by atoms with van der Waals surface area (Å²) in [5.41, 5.74) is 3.21. The molecule has 1 saturated carbocycles. The molecule has 0 radical (unpaired) electrons. The first-order valence-corrected chi connectivity index (χ1v) is 15.1. The van der Waals surface area contributed by atoms with Crippen molar-refractivity contribution in [1.29, 1.82) is 0 Å². The second-order valence-corrected chi connectivity index (χ2v) is 13.9. The van der Waals surface area contributed by atoms with Gasteiger partial charge >= 0.3 is 6.09 Å². The zero-order valence-electron chi connectivity index (χ0n) is 23.4. The molecule has 1 aliphatic carbocycles. The van der Waals surface area contributed by atoms with Gasteiger partial charge in [-0.15, -0.1) is 0 Å². The lowest BCUT2D eigenvalue weighted by atomic mass is 10.0. The second kappa shape index (κ2) is 9.72. The molecule has 1 aliphatic heterocycles. The number of fused-ring (bicyclic) bond motifs is 1. The summed E-state index contributed by atoms with van der Waals surface area (Å²) in [4.78, 5) is 30.8. The Morgan fingerprint density at radius 3 is 2.51 bits per heavy atom. The Labute approximate surface area is 238 Å². The first kappa shape index (κ1) is 27.0. The largest absolute Gasteiger partial charge is 0.444 e. The van der Waals surface area contributed by atoms with Crippen LogP contribution in [-0.4, -0.2) is 74.5 Å². The SMILES string of the molecule is Cc1ccc(C(=O)NC2CC2)cc1-c1cnn(-c2cnc3ccc(S(=O)(=O)C4CN(C(=O)OC(C)(C)C)C4)cn23)c1. The molecule has 0 unspecified atom stereocenters. The molecule has 0 bridgehead atoms. The van der Waals surface area contributed by atoms with E-state index in [1.165, 1.54) is 11.0 Å². The summed E-state index contributed by atoms with van der Waals surface area (Å²) in [6.45, 7) is 7.44. The summed E-state index contributed by atoms with van der Waals surface area (Å²) in [6.07, 6.45) is 8.23. The van der Waals surface area contributed by atoms with Gasteiger partial charge < -0.3 is 15.0 Å². The van der Waals surface area contributed by atoms with Crippen molar-refractivity contribution in [3.8, 4) is 16.9 Å². The fourth-order valence-corrected chi connectivity index (χ4v) is 6.39. The van der Waals surface area contributed by atoms with Crippen molar-refractivity contribution in [1.82, 2.24) is 29.4 Å². The number of rotatable bonds is 6. The molecule has 11 nitrogen and oxygen atoms in total. The maximum absolute atomic E-state index is 13.4. The average Bonchev–Trinajstić information content (AvgIpc) is 3.38. The van der Waals surface area contributed by atoms with E-state index in [2.05, 4.69) is 15.4 Å². The molecule has 4 heterocycles. The monoisotopic (exact) mass is 576 g/mol. The molecule has 0 spiro atoms. The Hall–Kier alpha value is -4.19. The van der Waals surface area contributed by atoms with Crippen LogP contribution in [-0.2, 0) is 14.6 Å². The summed E-state index contributed by atoms with van der Waals surface area (Å²) in [5.74, 6) is 0.477. The number of nitrogens with one attached hydrogen (secondary N) is 1. The summed E-state index contributed by atoms with van der Waals surface area (Å²) >= 11 is 0. The van der Waals surface area contributed by atoms with Gasteiger partial charge in [-0.25, -0.2) is 22.9 Å². The van der Waals surface area contributed by atoms with Crippen LogP contribution < -0.4 is 5.32 Å². The number of hydrogen-bond acceptors (Lipinski definition) is 7. The minimum absolute atomic E-state index is 0.0751. The smallest absolute Gasteiger partial charge is 0.410 e. The number of likely N-dealkylation sites (tertiary alicyclic amines) is 1. The summed E-state index contributed by atoms with van der Waals surface area (Å²) in [7, 11) is -3.71. The first-order valence-electron chi connectivity index (χ1n) is 13.5. The molecule has 214 valence electrons. The van der Waals surface area contributed by atoms with Gasteiger partial charge in [0.1, 0.15) is 16.5 Å². The summed E-state index contributed by atoms with van der Waals surface area (Å²) < 4.78 is 35.5. The Morgan fingerprint density at radius 1 is 1.05 bits per heavy atom. The van der Waals surface area contributed by atoms with Crippen molar-refractivity contribution < 1.29 is 22.7 Å². The third-order valence-electron chi connectivity index (χ3n) is 7.27. The minimum atomic E-state index is -3.71. The summed E-state index contributed by atoms with van der Waals surface area (Å²) in [5, 5.41) is 6.82. The van der Waals surface area contributed by atoms with Crippen molar-refractivity contribution >= 4 is 27.5 Å². The molecular weight excluding hydrogens is 544 g/mol. The van der Waals surface area contributed by atoms with E-state index in [1.807, 2.05) is 31.3 Å². The maximum atomic E-state index is 13.4. The number of benzene rings is 1. The van der Waals surface area contributed by atoms with Gasteiger partial charge in [-0.3, -0.25) is 9.20 Å². The predicted octanol–water partition coefficient (Wildman–Crippen LogP) is 3.78. The Kier molecular flexibility index (Phi) is 6.40. The molecule has 2 aliphatic rings. The van der Waals surface area contributed by atoms with E-state index in [0.29, 0.717) is 17.0 Å². The number of sulfone groups is 1. The fraction of sp³-hybridized carbons (Fsp3) is 0.379. The first-order chi connectivity index (χ1) is 19.4. The average molecular weight is 577 g/mol. The van der Waals surface area contributed by atoms with Gasteiger partial charge in [0.15, 0.2) is 15.7 Å². The van der Waals surface area contributed by atoms with Gasteiger partial charge in [0, 0.05) is 42.7 Å². The Bertz CT molecular complexity index is 1770. The van der Waals surface area contributed by atoms with Crippen molar-refractivity contribution in [3.05, 3.63) is 66.2 Å². The molecule has 1 N–H and O–H groups in total. The van der Waals surface area contributed by atoms with Crippen molar-refractivity contribution in [3.63, 3.8) is 0 Å². The van der Waals surface area contributed by atoms with E-state index in [-0.39, 0.29) is 29.9 Å². The van der Waals surface area contributed by atoms with Crippen LogP contribution >= 0.6 is 0 Å². The Balaban J connectivity index is 1.24. The van der Waals surface area contributed by atoms with E-state index in [9.17, 15) is 18.0 Å². The van der Waals surface area contributed by atoms with Gasteiger partial charge in [-0.1, -0.05) is 6.07 Å². The lowest BCUT2D eigenvalue weighted by molar-refractivity contribution is 0.0139. The highest BCUT2D eigenvalue weighted by molar-refractivity contribution is 7.92. The van der Waals surface area contributed by atoms with Crippen LogP contribution in [0, 0.1) is 6.92 Å². The van der Waals surface area contributed by atoms with E-state index in [4.69, 9.17) is 4.74 Å². The van der Waals surface area contributed by atoms with Crippen LogP contribution in [0.15, 0.2) is 60.0 Å². The van der Waals surface area contributed by atoms with Crippen molar-refractivity contribution in [2.75, 3.05) is 13.1 Å². The molecule has 1 saturated heterocycles. The molecule has 12 heteroatoms. The molecule has 1 aromatic carbocycles. The van der Waals surface area contributed by atoms with Gasteiger partial charge in [0.2, 0.25) is 0 Å². The fourth-order valence-electron chi connectivity index (χ4n) is 4.75. The van der Waals surface area contributed by atoms with Crippen LogP contribution in [0.4, 0.5) is 4.79 Å². The Morgan fingerprint density at radius 2 is 1.80 bits per heavy atom. The van der Waals surface area contributed by atoms with Crippen LogP contribution in [0.3, 0.4) is 0 Å². The standard InChI is InChI=1S/C29H32N6O5S/c1-18-5-6-19(27(36)32-21-7-8-21)11-24(18)20-12-31-35(14-20)26-13-30-25-10-9-22(17-34(25)26)41(38,39)23-15-33(16-23)28(37)40-29(2,3)4/h5-6,9-14,17,21,23H,7-8,15-16H2,1-4H3,(H,32,36). The second-order valence-electron chi connectivity index (χ2n) is 11.7. The van der Waals surface area contributed by atoms with Crippen LogP contribution in [0.1, 0.15) is 49.5 Å². The van der Waals surface area contributed by atoms with E-state index in [0.717, 1.165) is 29.5 Å². The van der Waals surface area contributed by atoms with Crippen LogP contribution in [0.5, 0.6) is 0 Å². The van der Waals surface area contributed by atoms with E-state index in [1.54, 1.807) is 54.5 Å². The molecular formula is C29H32N6O5S. The van der Waals surface area contributed by atoms with E-state index >= 15 is 0 Å². The van der Waals surface area contributed by atoms with Gasteiger partial charge in [0.05, 0.1) is 17.3 Å². The van der Waals surface area contributed by atoms with Crippen molar-refractivity contribution in [2.45, 2.75) is 62.3 Å². The number of pyridine rings is 1. The maximum Gasteiger partial charge on any atom is 0.410 e. The number of carbonyl (C=O) groups is 2. The topological polar surface area (TPSA) is 128 Å². The number of hydrogen-bond donors (Lipinski definition) is 1. The van der Waals surface area contributed by atoms with Crippen molar-refractivity contribution in [2.24, 2.45) is 0 Å². The molecule has 41 heavy (non-hydrogen) atoms. The predicted molar refractivity (Wildman–Crippen MR) is 152 cm³/mol. The highest BCUT2D eigenvalue weighted by atomic mass is 32.2. The lowest BCUT2D eigenvalue weighted by Crippen LogP contribution is -2.57.